The van der Waals surface area contributed by atoms with E-state index in [1.807, 2.05) is 38.1 Å². The summed E-state index contributed by atoms with van der Waals surface area (Å²) in [6.45, 7) is 5.77. The van der Waals surface area contributed by atoms with Crippen LogP contribution in [0.4, 0.5) is 5.13 Å². The first-order valence-corrected chi connectivity index (χ1v) is 9.31. The average molecular weight is 378 g/mol. The summed E-state index contributed by atoms with van der Waals surface area (Å²) >= 11 is 1.30. The van der Waals surface area contributed by atoms with Gasteiger partial charge in [0.1, 0.15) is 11.6 Å². The molecule has 27 heavy (non-hydrogen) atoms. The summed E-state index contributed by atoms with van der Waals surface area (Å²) in [5, 5.41) is 12.6. The number of thiazole rings is 1. The second-order valence-electron chi connectivity index (χ2n) is 6.02. The maximum absolute atomic E-state index is 12.9. The molecule has 0 unspecified atom stereocenters. The van der Waals surface area contributed by atoms with E-state index in [0.29, 0.717) is 22.9 Å². The number of amides is 1. The Labute approximate surface area is 160 Å². The van der Waals surface area contributed by atoms with Crippen molar-refractivity contribution in [3.8, 4) is 6.07 Å². The van der Waals surface area contributed by atoms with Crippen LogP contribution in [0.5, 0.6) is 0 Å². The van der Waals surface area contributed by atoms with Gasteiger partial charge < -0.3 is 4.98 Å². The Morgan fingerprint density at radius 1 is 1.41 bits per heavy atom. The Hall–Kier alpha value is -3.24. The summed E-state index contributed by atoms with van der Waals surface area (Å²) in [6.07, 6.45) is 3.10. The highest BCUT2D eigenvalue weighted by molar-refractivity contribution is 7.14. The number of carbonyl (C=O) groups excluding carboxylic acids is 2. The fourth-order valence-corrected chi connectivity index (χ4v) is 3.84. The van der Waals surface area contributed by atoms with Crippen molar-refractivity contribution in [3.05, 3.63) is 52.2 Å². The molecule has 0 aliphatic carbocycles. The SMILES string of the molecule is CCN(C(C)=O)c1nc(C=C(C#N)C(=O)c2c[nH]c3cccc(C)c23)cs1. The maximum atomic E-state index is 12.9. The lowest BCUT2D eigenvalue weighted by Crippen LogP contribution is -2.27. The molecule has 2 aromatic heterocycles. The first kappa shape index (κ1) is 18.5. The Balaban J connectivity index is 1.97. The molecule has 1 N–H and O–H groups in total. The Kier molecular flexibility index (Phi) is 5.19. The van der Waals surface area contributed by atoms with E-state index in [2.05, 4.69) is 9.97 Å². The number of aryl methyl sites for hydroxylation is 1. The number of fused-ring (bicyclic) bond motifs is 1. The van der Waals surface area contributed by atoms with Crippen LogP contribution in [0.1, 0.15) is 35.5 Å². The van der Waals surface area contributed by atoms with Crippen LogP contribution in [0.3, 0.4) is 0 Å². The van der Waals surface area contributed by atoms with Gasteiger partial charge in [-0.15, -0.1) is 11.3 Å². The molecule has 2 heterocycles. The smallest absolute Gasteiger partial charge is 0.225 e. The third-order valence-corrected chi connectivity index (χ3v) is 5.13. The number of hydrogen-bond acceptors (Lipinski definition) is 5. The second kappa shape index (κ2) is 7.56. The third kappa shape index (κ3) is 3.52. The molecule has 0 spiro atoms. The van der Waals surface area contributed by atoms with Gasteiger partial charge >= 0.3 is 0 Å². The minimum Gasteiger partial charge on any atom is -0.360 e. The number of aromatic amines is 1. The van der Waals surface area contributed by atoms with Crippen LogP contribution >= 0.6 is 11.3 Å². The molecule has 0 radical (unpaired) electrons. The third-order valence-electron chi connectivity index (χ3n) is 4.25. The number of nitrogens with zero attached hydrogens (tertiary/aromatic N) is 3. The predicted molar refractivity (Wildman–Crippen MR) is 107 cm³/mol. The number of benzene rings is 1. The second-order valence-corrected chi connectivity index (χ2v) is 6.85. The van der Waals surface area contributed by atoms with Crippen molar-refractivity contribution in [2.45, 2.75) is 20.8 Å². The summed E-state index contributed by atoms with van der Waals surface area (Å²) in [5.74, 6) is -0.459. The van der Waals surface area contributed by atoms with E-state index in [0.717, 1.165) is 16.5 Å². The molecule has 0 bridgehead atoms. The van der Waals surface area contributed by atoms with Crippen LogP contribution in [0.25, 0.3) is 17.0 Å². The van der Waals surface area contributed by atoms with Crippen molar-refractivity contribution in [2.75, 3.05) is 11.4 Å². The Bertz CT molecular complexity index is 1100. The van der Waals surface area contributed by atoms with Gasteiger partial charge in [0, 0.05) is 41.5 Å². The molecule has 0 aliphatic heterocycles. The first-order chi connectivity index (χ1) is 13.0. The summed E-state index contributed by atoms with van der Waals surface area (Å²) in [6, 6.07) is 7.71. The highest BCUT2D eigenvalue weighted by Gasteiger charge is 2.19. The van der Waals surface area contributed by atoms with Gasteiger partial charge in [0.15, 0.2) is 5.13 Å². The quantitative estimate of drug-likeness (QED) is 0.411. The molecule has 3 aromatic rings. The lowest BCUT2D eigenvalue weighted by molar-refractivity contribution is -0.116. The number of allylic oxidation sites excluding steroid dienone is 1. The van der Waals surface area contributed by atoms with Crippen LogP contribution in [0, 0.1) is 18.3 Å². The normalized spacial score (nSPS) is 11.4. The van der Waals surface area contributed by atoms with Gasteiger partial charge in [0.2, 0.25) is 11.7 Å². The highest BCUT2D eigenvalue weighted by Crippen LogP contribution is 2.26. The van der Waals surface area contributed by atoms with Crippen molar-refractivity contribution in [3.63, 3.8) is 0 Å². The van der Waals surface area contributed by atoms with Gasteiger partial charge in [-0.2, -0.15) is 5.26 Å². The zero-order chi connectivity index (χ0) is 19.6. The molecule has 0 fully saturated rings. The van der Waals surface area contributed by atoms with Crippen LogP contribution in [-0.2, 0) is 4.79 Å². The minimum absolute atomic E-state index is 0.00174. The topological polar surface area (TPSA) is 89.8 Å². The fraction of sp³-hybridized carbons (Fsp3) is 0.200. The number of Topliss-reactive ketones (excluding diaryl/α,β-unsaturated/α-hetero) is 1. The highest BCUT2D eigenvalue weighted by atomic mass is 32.1. The van der Waals surface area contributed by atoms with Gasteiger partial charge in [0.05, 0.1) is 5.69 Å². The number of hydrogen-bond donors (Lipinski definition) is 1. The lowest BCUT2D eigenvalue weighted by Gasteiger charge is -2.14. The number of carbonyl (C=O) groups is 2. The predicted octanol–water partition coefficient (Wildman–Crippen LogP) is 4.10. The zero-order valence-corrected chi connectivity index (χ0v) is 16.1. The van der Waals surface area contributed by atoms with Crippen molar-refractivity contribution >= 4 is 45.1 Å². The fourth-order valence-electron chi connectivity index (χ4n) is 2.95. The van der Waals surface area contributed by atoms with Crippen LogP contribution in [-0.4, -0.2) is 28.2 Å². The molecular formula is C20H18N4O2S. The molecule has 136 valence electrons. The molecule has 1 amide bonds. The van der Waals surface area contributed by atoms with Gasteiger partial charge in [0.25, 0.3) is 0 Å². The minimum atomic E-state index is -0.355. The number of H-pyrrole nitrogens is 1. The maximum Gasteiger partial charge on any atom is 0.225 e. The van der Waals surface area contributed by atoms with Crippen molar-refractivity contribution in [1.82, 2.24) is 9.97 Å². The largest absolute Gasteiger partial charge is 0.360 e. The number of ketones is 1. The number of nitriles is 1. The van der Waals surface area contributed by atoms with Gasteiger partial charge in [-0.3, -0.25) is 14.5 Å². The monoisotopic (exact) mass is 378 g/mol. The van der Waals surface area contributed by atoms with E-state index in [-0.39, 0.29) is 17.3 Å². The average Bonchev–Trinajstić information content (AvgIpc) is 3.27. The van der Waals surface area contributed by atoms with E-state index in [1.54, 1.807) is 16.5 Å². The molecule has 0 saturated carbocycles. The van der Waals surface area contributed by atoms with Gasteiger partial charge in [-0.25, -0.2) is 4.98 Å². The molecule has 7 heteroatoms. The van der Waals surface area contributed by atoms with Crippen molar-refractivity contribution < 1.29 is 9.59 Å². The molecule has 0 saturated heterocycles. The number of anilines is 1. The molecule has 0 atom stereocenters. The lowest BCUT2D eigenvalue weighted by atomic mass is 10.00. The summed E-state index contributed by atoms with van der Waals surface area (Å²) < 4.78 is 0. The number of nitrogens with one attached hydrogen (secondary N) is 1. The van der Waals surface area contributed by atoms with Gasteiger partial charge in [-0.1, -0.05) is 12.1 Å². The summed E-state index contributed by atoms with van der Waals surface area (Å²) in [7, 11) is 0. The van der Waals surface area contributed by atoms with E-state index in [9.17, 15) is 14.9 Å². The number of rotatable bonds is 5. The van der Waals surface area contributed by atoms with Crippen molar-refractivity contribution in [2.24, 2.45) is 0 Å². The molecule has 0 aliphatic rings. The Morgan fingerprint density at radius 3 is 2.85 bits per heavy atom. The van der Waals surface area contributed by atoms with Crippen LogP contribution in [0.2, 0.25) is 0 Å². The van der Waals surface area contributed by atoms with E-state index in [4.69, 9.17) is 0 Å². The first-order valence-electron chi connectivity index (χ1n) is 8.43. The van der Waals surface area contributed by atoms with Crippen LogP contribution in [0.15, 0.2) is 35.3 Å². The van der Waals surface area contributed by atoms with E-state index < -0.39 is 0 Å². The number of aromatic nitrogens is 2. The summed E-state index contributed by atoms with van der Waals surface area (Å²) in [4.78, 5) is 33.6. The van der Waals surface area contributed by atoms with E-state index in [1.165, 1.54) is 24.3 Å². The molecule has 6 nitrogen and oxygen atoms in total. The van der Waals surface area contributed by atoms with E-state index >= 15 is 0 Å². The zero-order valence-electron chi connectivity index (χ0n) is 15.2. The molecule has 3 rings (SSSR count). The molecular weight excluding hydrogens is 360 g/mol. The van der Waals surface area contributed by atoms with Gasteiger partial charge in [-0.05, 0) is 31.6 Å². The Morgan fingerprint density at radius 2 is 2.19 bits per heavy atom. The standard InChI is InChI=1S/C20H18N4O2S/c1-4-24(13(3)25)20-23-15(11-27-20)8-14(9-21)19(26)16-10-22-17-7-5-6-12(2)18(16)17/h5-8,10-11,22H,4H2,1-3H3. The van der Waals surface area contributed by atoms with Crippen molar-refractivity contribution in [1.29, 1.82) is 5.26 Å². The van der Waals surface area contributed by atoms with Crippen LogP contribution < -0.4 is 4.90 Å². The summed E-state index contributed by atoms with van der Waals surface area (Å²) in [5.41, 5.74) is 2.76. The molecule has 1 aromatic carbocycles.